The molecule has 2 unspecified atom stereocenters. The lowest BCUT2D eigenvalue weighted by Gasteiger charge is -2.23. The molecular weight excluding hydrogens is 743 g/mol. The summed E-state index contributed by atoms with van der Waals surface area (Å²) >= 11 is 0. The number of hydrogen-bond donors (Lipinski definition) is 5. The third kappa shape index (κ3) is 14.5. The summed E-state index contributed by atoms with van der Waals surface area (Å²) < 4.78 is 6.31. The smallest absolute Gasteiger partial charge is 0.335 e. The van der Waals surface area contributed by atoms with E-state index in [1.54, 1.807) is 6.07 Å². The van der Waals surface area contributed by atoms with Crippen molar-refractivity contribution in [3.8, 4) is 17.1 Å². The van der Waals surface area contributed by atoms with E-state index in [9.17, 15) is 20.3 Å². The Balaban J connectivity index is 0.000000762. The van der Waals surface area contributed by atoms with E-state index in [-0.39, 0.29) is 40.6 Å². The van der Waals surface area contributed by atoms with E-state index in [0.717, 1.165) is 77.4 Å². The van der Waals surface area contributed by atoms with Gasteiger partial charge in [-0.05, 0) is 81.1 Å². The molecule has 6 rings (SSSR count). The number of aromatic nitrogens is 4. The van der Waals surface area contributed by atoms with Gasteiger partial charge in [0.05, 0.1) is 45.5 Å². The number of anilines is 1. The molecule has 0 amide bonds. The first-order chi connectivity index (χ1) is 27.8. The molecule has 2 aromatic heterocycles. The number of rotatable bonds is 11. The van der Waals surface area contributed by atoms with Crippen LogP contribution in [-0.2, 0) is 0 Å². The zero-order valence-corrected chi connectivity index (χ0v) is 37.1. The van der Waals surface area contributed by atoms with Crippen molar-refractivity contribution in [2.24, 2.45) is 17.3 Å². The molecule has 2 aliphatic rings. The van der Waals surface area contributed by atoms with Crippen molar-refractivity contribution in [2.45, 2.75) is 133 Å². The fourth-order valence-corrected chi connectivity index (χ4v) is 6.08. The van der Waals surface area contributed by atoms with Gasteiger partial charge >= 0.3 is 5.97 Å². The summed E-state index contributed by atoms with van der Waals surface area (Å²) in [5, 5.41) is 35.1. The highest BCUT2D eigenvalue weighted by atomic mass is 16.9. The summed E-state index contributed by atoms with van der Waals surface area (Å²) in [5.41, 5.74) is 9.57. The SMILES string of the molecule is C/C(=C\c1ncc(C2CCCCC(COc3cc(-c4c(C)cccc4C)nc(N[N+](O)(O)c4cccc(C(=O)O)c4)n3)N2)nc1C)C(C)(C)C.CC1CC1.CCC(C)C. The minimum atomic E-state index is -1.88. The zero-order valence-electron chi connectivity index (χ0n) is 37.1. The predicted molar refractivity (Wildman–Crippen MR) is 236 cm³/mol. The van der Waals surface area contributed by atoms with E-state index in [1.807, 2.05) is 45.2 Å². The Morgan fingerprint density at radius 1 is 0.983 bits per heavy atom. The van der Waals surface area contributed by atoms with Gasteiger partial charge in [-0.25, -0.2) is 9.78 Å². The van der Waals surface area contributed by atoms with Crippen LogP contribution in [0.5, 0.6) is 5.88 Å². The zero-order chi connectivity index (χ0) is 43.5. The second-order valence-corrected chi connectivity index (χ2v) is 17.6. The second-order valence-electron chi connectivity index (χ2n) is 17.6. The molecule has 2 fully saturated rings. The summed E-state index contributed by atoms with van der Waals surface area (Å²) in [5.74, 6) is 0.880. The van der Waals surface area contributed by atoms with Gasteiger partial charge in [-0.2, -0.15) is 4.98 Å². The van der Waals surface area contributed by atoms with Crippen molar-refractivity contribution in [3.63, 3.8) is 0 Å². The second kappa shape index (κ2) is 21.0. The third-order valence-corrected chi connectivity index (χ3v) is 10.9. The topological polar surface area (TPSA) is 163 Å². The summed E-state index contributed by atoms with van der Waals surface area (Å²) in [7, 11) is 0. The normalized spacial score (nSPS) is 17.2. The maximum atomic E-state index is 11.5. The number of nitrogens with zero attached hydrogens (tertiary/aromatic N) is 5. The van der Waals surface area contributed by atoms with Crippen molar-refractivity contribution in [1.29, 1.82) is 0 Å². The van der Waals surface area contributed by atoms with Crippen LogP contribution >= 0.6 is 0 Å². The van der Waals surface area contributed by atoms with Crippen molar-refractivity contribution in [3.05, 3.63) is 94.1 Å². The molecule has 59 heavy (non-hydrogen) atoms. The van der Waals surface area contributed by atoms with Gasteiger partial charge < -0.3 is 15.2 Å². The van der Waals surface area contributed by atoms with E-state index in [2.05, 4.69) is 82.2 Å². The molecule has 1 saturated carbocycles. The Hall–Kier alpha value is -4.75. The van der Waals surface area contributed by atoms with Gasteiger partial charge in [0, 0.05) is 29.8 Å². The minimum absolute atomic E-state index is 0.00773. The Bertz CT molecular complexity index is 2020. The van der Waals surface area contributed by atoms with E-state index in [4.69, 9.17) is 14.7 Å². The fourth-order valence-electron chi connectivity index (χ4n) is 6.08. The summed E-state index contributed by atoms with van der Waals surface area (Å²) in [6.07, 6.45) is 12.1. The first kappa shape index (κ1) is 46.9. The molecule has 0 spiro atoms. The van der Waals surface area contributed by atoms with E-state index in [0.29, 0.717) is 12.3 Å². The average molecular weight is 811 g/mol. The van der Waals surface area contributed by atoms with Crippen LogP contribution in [-0.4, -0.2) is 54.1 Å². The molecule has 0 radical (unpaired) electrons. The van der Waals surface area contributed by atoms with E-state index < -0.39 is 10.9 Å². The quantitative estimate of drug-likeness (QED) is 0.0724. The number of benzene rings is 2. The number of nitrogens with one attached hydrogen (secondary N) is 2. The standard InChI is InChI=1S/C38H47N7O5.C5H12.C4H8/c1-23-12-10-13-24(2)35(23)32-20-34(43-37(42-32)44-45(48,49)29-16-11-14-27(19-29)36(46)47)50-22-28-15-8-9-17-30(41-28)33-21-39-31(26(4)40-33)18-25(3)38(5,6)7;1-4-5(2)3;1-4-2-3-4/h10-14,16,18-21,28,30,41,48-49H,8-9,15,17,22H2,1-7H3,(H-,42,43,44,46,47);5H,4H2,1-3H3;4H,2-3H2,1H3/p+1/b25-18+;;. The molecular formula is C47H68N7O5+. The van der Waals surface area contributed by atoms with Gasteiger partial charge in [0.25, 0.3) is 5.95 Å². The number of aromatic carboxylic acids is 1. The van der Waals surface area contributed by atoms with Gasteiger partial charge in [-0.3, -0.25) is 9.97 Å². The number of carboxylic acids is 1. The summed E-state index contributed by atoms with van der Waals surface area (Å²) in [6.45, 7) is 23.9. The lowest BCUT2D eigenvalue weighted by Crippen LogP contribution is -2.48. The van der Waals surface area contributed by atoms with Crippen molar-refractivity contribution >= 4 is 23.7 Å². The molecule has 12 heteroatoms. The molecule has 1 aliphatic carbocycles. The lowest BCUT2D eigenvalue weighted by molar-refractivity contribution is -0.273. The molecule has 1 aliphatic heterocycles. The van der Waals surface area contributed by atoms with Crippen LogP contribution in [0.1, 0.15) is 145 Å². The molecule has 4 aromatic rings. The largest absolute Gasteiger partial charge is 0.478 e. The maximum Gasteiger partial charge on any atom is 0.335 e. The van der Waals surface area contributed by atoms with Gasteiger partial charge in [0.1, 0.15) is 6.61 Å². The molecule has 12 nitrogen and oxygen atoms in total. The van der Waals surface area contributed by atoms with Crippen molar-refractivity contribution < 1.29 is 25.1 Å². The Morgan fingerprint density at radius 2 is 1.61 bits per heavy atom. The van der Waals surface area contributed by atoms with E-state index >= 15 is 0 Å². The van der Waals surface area contributed by atoms with Gasteiger partial charge in [0.2, 0.25) is 11.6 Å². The number of ether oxygens (including phenoxy) is 1. The molecule has 0 bridgehead atoms. The molecule has 5 N–H and O–H groups in total. The predicted octanol–water partition coefficient (Wildman–Crippen LogP) is 11.2. The maximum absolute atomic E-state index is 11.5. The number of carboxylic acid groups (broad SMARTS) is 1. The van der Waals surface area contributed by atoms with Crippen LogP contribution in [0.3, 0.4) is 0 Å². The molecule has 2 atom stereocenters. The molecule has 2 aromatic carbocycles. The Labute approximate surface area is 351 Å². The van der Waals surface area contributed by atoms with Gasteiger partial charge in [0.15, 0.2) is 0 Å². The van der Waals surface area contributed by atoms with Crippen molar-refractivity contribution in [1.82, 2.24) is 30.2 Å². The number of hydrogen-bond acceptors (Lipinski definition) is 10. The molecule has 3 heterocycles. The summed E-state index contributed by atoms with van der Waals surface area (Å²) in [4.78, 5) is 28.5. The van der Waals surface area contributed by atoms with E-state index in [1.165, 1.54) is 43.0 Å². The average Bonchev–Trinajstić information content (AvgIpc) is 4.00. The Kier molecular flexibility index (Phi) is 16.7. The van der Waals surface area contributed by atoms with Crippen LogP contribution in [0, 0.1) is 38.0 Å². The Morgan fingerprint density at radius 3 is 2.19 bits per heavy atom. The van der Waals surface area contributed by atoms with Crippen LogP contribution in [0.4, 0.5) is 11.6 Å². The third-order valence-electron chi connectivity index (χ3n) is 10.9. The van der Waals surface area contributed by atoms with Crippen LogP contribution in [0.2, 0.25) is 0 Å². The van der Waals surface area contributed by atoms with Crippen LogP contribution in [0.15, 0.2) is 60.3 Å². The highest BCUT2D eigenvalue weighted by Crippen LogP contribution is 2.32. The monoisotopic (exact) mass is 811 g/mol. The first-order valence-electron chi connectivity index (χ1n) is 21.1. The van der Waals surface area contributed by atoms with Crippen LogP contribution < -0.4 is 20.4 Å². The molecule has 320 valence electrons. The number of aryl methyl sites for hydroxylation is 3. The van der Waals surface area contributed by atoms with Gasteiger partial charge in [-0.1, -0.05) is 110 Å². The minimum Gasteiger partial charge on any atom is -0.478 e. The fraction of sp³-hybridized carbons (Fsp3) is 0.511. The number of allylic oxidation sites excluding steroid dienone is 1. The first-order valence-corrected chi connectivity index (χ1v) is 21.1. The van der Waals surface area contributed by atoms with Crippen LogP contribution in [0.25, 0.3) is 17.3 Å². The van der Waals surface area contributed by atoms with Gasteiger partial charge in [-0.15, -0.1) is 15.8 Å². The highest BCUT2D eigenvalue weighted by Gasteiger charge is 2.31. The summed E-state index contributed by atoms with van der Waals surface area (Å²) in [6, 6.07) is 13.0. The lowest BCUT2D eigenvalue weighted by atomic mass is 9.87. The van der Waals surface area contributed by atoms with Crippen molar-refractivity contribution in [2.75, 3.05) is 12.0 Å². The molecule has 1 saturated heterocycles. The number of carbonyl (C=O) groups is 1. The highest BCUT2D eigenvalue weighted by molar-refractivity contribution is 5.88. The number of quaternary nitrogens is 1.